The summed E-state index contributed by atoms with van der Waals surface area (Å²) < 4.78 is 70.4. The van der Waals surface area contributed by atoms with Gasteiger partial charge < -0.3 is 9.64 Å². The number of hydrogen-bond acceptors (Lipinski definition) is 4. The van der Waals surface area contributed by atoms with Gasteiger partial charge in [-0.3, -0.25) is 9.35 Å². The van der Waals surface area contributed by atoms with Gasteiger partial charge in [-0.15, -0.1) is 0 Å². The summed E-state index contributed by atoms with van der Waals surface area (Å²) in [4.78, 5) is 11.8. The summed E-state index contributed by atoms with van der Waals surface area (Å²) in [6, 6.07) is 5.99. The lowest BCUT2D eigenvalue weighted by Crippen LogP contribution is -2.50. The molecule has 0 saturated carbocycles. The molecule has 6 nitrogen and oxygen atoms in total. The monoisotopic (exact) mass is 369 g/mol. The van der Waals surface area contributed by atoms with Crippen molar-refractivity contribution in [3.63, 3.8) is 0 Å². The number of alkyl halides is 3. The molecule has 1 amide bonds. The van der Waals surface area contributed by atoms with E-state index in [0.717, 1.165) is 10.5 Å². The molecule has 136 valence electrons. The van der Waals surface area contributed by atoms with E-state index in [9.17, 15) is 26.4 Å². The summed E-state index contributed by atoms with van der Waals surface area (Å²) in [5.74, 6) is -0.349. The van der Waals surface area contributed by atoms with Gasteiger partial charge >= 0.3 is 6.18 Å². The lowest BCUT2D eigenvalue weighted by Gasteiger charge is -2.33. The molecule has 0 radical (unpaired) electrons. The lowest BCUT2D eigenvalue weighted by molar-refractivity contribution is -0.236. The molecule has 1 saturated heterocycles. The predicted octanol–water partition coefficient (Wildman–Crippen LogP) is 2.04. The van der Waals surface area contributed by atoms with Crippen molar-refractivity contribution in [3.8, 4) is 0 Å². The highest BCUT2D eigenvalue weighted by Gasteiger charge is 2.43. The van der Waals surface area contributed by atoms with E-state index in [1.165, 1.54) is 19.1 Å². The molecule has 1 N–H and O–H groups in total. The minimum Gasteiger partial charge on any atom is -0.365 e. The van der Waals surface area contributed by atoms with Crippen LogP contribution in [0.2, 0.25) is 0 Å². The normalized spacial score (nSPS) is 18.6. The molecule has 1 fully saturated rings. The minimum absolute atomic E-state index is 0.0518. The van der Waals surface area contributed by atoms with Gasteiger partial charge in [0, 0.05) is 13.5 Å². The fraction of sp³-hybridized carbons (Fsp3) is 0.500. The van der Waals surface area contributed by atoms with Crippen LogP contribution in [0.4, 0.5) is 13.2 Å². The first kappa shape index (κ1) is 20.4. The molecular weight excluding hydrogens is 351 g/mol. The van der Waals surface area contributed by atoms with Crippen molar-refractivity contribution in [1.29, 1.82) is 0 Å². The Bertz CT molecular complexity index is 658. The summed E-state index contributed by atoms with van der Waals surface area (Å²) in [7, 11) is -4.02. The van der Waals surface area contributed by atoms with E-state index >= 15 is 0 Å². The highest BCUT2D eigenvalue weighted by atomic mass is 32.2. The quantitative estimate of drug-likeness (QED) is 0.766. The molecule has 1 aromatic carbocycles. The van der Waals surface area contributed by atoms with Crippen molar-refractivity contribution >= 4 is 16.0 Å². The summed E-state index contributed by atoms with van der Waals surface area (Å²) >= 11 is 0. The number of amides is 1. The number of carbonyl (C=O) groups is 1. The van der Waals surface area contributed by atoms with Crippen LogP contribution in [0.3, 0.4) is 0 Å². The Hall–Kier alpha value is -1.65. The highest BCUT2D eigenvalue weighted by molar-refractivity contribution is 7.85. The molecule has 0 aliphatic carbocycles. The number of ether oxygens (including phenoxy) is 1. The fourth-order valence-corrected chi connectivity index (χ4v) is 2.32. The first-order chi connectivity index (χ1) is 10.9. The van der Waals surface area contributed by atoms with Crippen molar-refractivity contribution < 1.29 is 35.7 Å². The van der Waals surface area contributed by atoms with Crippen LogP contribution in [0.1, 0.15) is 12.5 Å². The number of carbonyl (C=O) groups excluding carboxylic acids is 1. The topological polar surface area (TPSA) is 83.9 Å². The van der Waals surface area contributed by atoms with Gasteiger partial charge in [0.05, 0.1) is 18.0 Å². The maximum atomic E-state index is 12.1. The molecular formula is C14H18F3NO5S. The Morgan fingerprint density at radius 3 is 2.25 bits per heavy atom. The zero-order valence-electron chi connectivity index (χ0n) is 13.1. The molecule has 10 heteroatoms. The largest absolute Gasteiger partial charge is 0.416 e. The third-order valence-electron chi connectivity index (χ3n) is 3.20. The highest BCUT2D eigenvalue weighted by Crippen LogP contribution is 2.25. The molecule has 0 bridgehead atoms. The second kappa shape index (κ2) is 7.95. The second-order valence-corrected chi connectivity index (χ2v) is 6.58. The minimum atomic E-state index is -4.38. The molecule has 0 aromatic heterocycles. The lowest BCUT2D eigenvalue weighted by atomic mass is 10.2. The molecule has 1 atom stereocenters. The smallest absolute Gasteiger partial charge is 0.365 e. The molecule has 2 rings (SSSR count). The molecule has 1 aliphatic rings. The van der Waals surface area contributed by atoms with Crippen molar-refractivity contribution in [2.45, 2.75) is 31.0 Å². The molecule has 1 aromatic rings. The summed E-state index contributed by atoms with van der Waals surface area (Å²) in [6.45, 7) is 2.89. The number of aryl methyl sites for hydroxylation is 1. The Kier molecular flexibility index (Phi) is 6.76. The van der Waals surface area contributed by atoms with Gasteiger partial charge in [-0.05, 0) is 19.1 Å². The summed E-state index contributed by atoms with van der Waals surface area (Å²) in [5, 5.41) is 0. The molecule has 1 aliphatic heterocycles. The predicted molar refractivity (Wildman–Crippen MR) is 79.0 cm³/mol. The molecule has 24 heavy (non-hydrogen) atoms. The molecule has 0 unspecified atom stereocenters. The number of halogens is 3. The van der Waals surface area contributed by atoms with E-state index in [4.69, 9.17) is 4.55 Å². The van der Waals surface area contributed by atoms with Gasteiger partial charge in [0.15, 0.2) is 6.10 Å². The van der Waals surface area contributed by atoms with Crippen LogP contribution in [0.15, 0.2) is 29.2 Å². The average Bonchev–Trinajstić information content (AvgIpc) is 2.46. The number of benzene rings is 1. The zero-order chi connectivity index (χ0) is 18.5. The van der Waals surface area contributed by atoms with Crippen LogP contribution < -0.4 is 0 Å². The first-order valence-corrected chi connectivity index (χ1v) is 8.33. The maximum absolute atomic E-state index is 12.1. The van der Waals surface area contributed by atoms with Gasteiger partial charge in [0.2, 0.25) is 5.91 Å². The van der Waals surface area contributed by atoms with E-state index in [1.54, 1.807) is 12.1 Å². The standard InChI is InChI=1S/C7H10F3NO2.C7H8O3S/c1-5(12)11-2-3-13-6(4-11)7(8,9)10;1-6-2-4-7(5-3-6)11(8,9)10/h6H,2-4H2,1H3;2-5H,1H3,(H,8,9,10)/t6-;/m1./s1. The third kappa shape index (κ3) is 6.46. The van der Waals surface area contributed by atoms with Crippen LogP contribution in [0, 0.1) is 6.92 Å². The Labute approximate surface area is 138 Å². The van der Waals surface area contributed by atoms with E-state index < -0.39 is 28.9 Å². The van der Waals surface area contributed by atoms with Gasteiger partial charge in [0.1, 0.15) is 0 Å². The fourth-order valence-electron chi connectivity index (χ4n) is 1.84. The zero-order valence-corrected chi connectivity index (χ0v) is 13.9. The number of hydrogen-bond donors (Lipinski definition) is 1. The van der Waals surface area contributed by atoms with Crippen LogP contribution in [-0.4, -0.2) is 55.8 Å². The van der Waals surface area contributed by atoms with Gasteiger partial charge in [-0.2, -0.15) is 21.6 Å². The van der Waals surface area contributed by atoms with Crippen LogP contribution >= 0.6 is 0 Å². The SMILES string of the molecule is CC(=O)N1CCO[C@@H](C(F)(F)F)C1.Cc1ccc(S(=O)(=O)O)cc1. The van der Waals surface area contributed by atoms with Gasteiger partial charge in [-0.1, -0.05) is 17.7 Å². The van der Waals surface area contributed by atoms with Crippen LogP contribution in [0.25, 0.3) is 0 Å². The van der Waals surface area contributed by atoms with Crippen molar-refractivity contribution in [2.75, 3.05) is 19.7 Å². The van der Waals surface area contributed by atoms with E-state index in [-0.39, 0.29) is 24.0 Å². The first-order valence-electron chi connectivity index (χ1n) is 6.89. The molecule has 1 heterocycles. The summed E-state index contributed by atoms with van der Waals surface area (Å²) in [6.07, 6.45) is -6.21. The van der Waals surface area contributed by atoms with Crippen LogP contribution in [-0.2, 0) is 19.6 Å². The van der Waals surface area contributed by atoms with E-state index in [0.29, 0.717) is 0 Å². The molecule has 0 spiro atoms. The van der Waals surface area contributed by atoms with Crippen LogP contribution in [0.5, 0.6) is 0 Å². The number of nitrogens with zero attached hydrogens (tertiary/aromatic N) is 1. The maximum Gasteiger partial charge on any atom is 0.416 e. The van der Waals surface area contributed by atoms with E-state index in [1.807, 2.05) is 6.92 Å². The Morgan fingerprint density at radius 1 is 1.29 bits per heavy atom. The van der Waals surface area contributed by atoms with Crippen molar-refractivity contribution in [3.05, 3.63) is 29.8 Å². The Balaban J connectivity index is 0.000000243. The third-order valence-corrected chi connectivity index (χ3v) is 4.06. The number of rotatable bonds is 1. The average molecular weight is 369 g/mol. The van der Waals surface area contributed by atoms with Gasteiger partial charge in [-0.25, -0.2) is 0 Å². The second-order valence-electron chi connectivity index (χ2n) is 5.15. The summed E-state index contributed by atoms with van der Waals surface area (Å²) in [5.41, 5.74) is 0.956. The van der Waals surface area contributed by atoms with Crippen molar-refractivity contribution in [2.24, 2.45) is 0 Å². The van der Waals surface area contributed by atoms with Crippen molar-refractivity contribution in [1.82, 2.24) is 4.90 Å². The Morgan fingerprint density at radius 2 is 1.83 bits per heavy atom. The van der Waals surface area contributed by atoms with Gasteiger partial charge in [0.25, 0.3) is 10.1 Å². The number of morpholine rings is 1. The van der Waals surface area contributed by atoms with E-state index in [2.05, 4.69) is 4.74 Å².